The van der Waals surface area contributed by atoms with Gasteiger partial charge in [0.1, 0.15) is 0 Å². The minimum absolute atomic E-state index is 0.0317. The van der Waals surface area contributed by atoms with Crippen LogP contribution in [0.5, 0.6) is 0 Å². The number of thioether (sulfide) groups is 1. The first-order chi connectivity index (χ1) is 12.5. The highest BCUT2D eigenvalue weighted by Gasteiger charge is 2.44. The lowest BCUT2D eigenvalue weighted by Crippen LogP contribution is -2.48. The summed E-state index contributed by atoms with van der Waals surface area (Å²) in [6, 6.07) is 8.43. The molecule has 1 N–H and O–H groups in total. The number of nitrogens with one attached hydrogen (secondary N) is 1. The van der Waals surface area contributed by atoms with Crippen LogP contribution >= 0.6 is 11.8 Å². The van der Waals surface area contributed by atoms with E-state index < -0.39 is 0 Å². The number of carbonyl (C=O) groups excluding carboxylic acids is 1. The Morgan fingerprint density at radius 1 is 1.27 bits per heavy atom. The molecule has 5 nitrogen and oxygen atoms in total. The third kappa shape index (κ3) is 5.38. The first-order valence-electron chi connectivity index (χ1n) is 9.52. The van der Waals surface area contributed by atoms with Crippen molar-refractivity contribution in [1.29, 1.82) is 0 Å². The number of nitrogens with zero attached hydrogens (tertiary/aromatic N) is 3. The van der Waals surface area contributed by atoms with Crippen LogP contribution in [0.2, 0.25) is 0 Å². The molecule has 1 aromatic carbocycles. The van der Waals surface area contributed by atoms with Gasteiger partial charge in [-0.05, 0) is 43.8 Å². The fraction of sp³-hybridized carbons (Fsp3) is 0.650. The van der Waals surface area contributed by atoms with Crippen LogP contribution in [0.1, 0.15) is 18.4 Å². The van der Waals surface area contributed by atoms with E-state index in [2.05, 4.69) is 52.7 Å². The molecule has 0 aromatic heterocycles. The molecule has 3 rings (SSSR count). The maximum absolute atomic E-state index is 12.5. The van der Waals surface area contributed by atoms with Crippen LogP contribution in [-0.2, 0) is 6.54 Å². The van der Waals surface area contributed by atoms with Crippen LogP contribution in [0.3, 0.4) is 0 Å². The zero-order valence-electron chi connectivity index (χ0n) is 16.3. The maximum Gasteiger partial charge on any atom is 0.317 e. The molecular weight excluding hydrogens is 344 g/mol. The van der Waals surface area contributed by atoms with Crippen molar-refractivity contribution in [2.24, 2.45) is 5.41 Å². The molecule has 6 heteroatoms. The van der Waals surface area contributed by atoms with Gasteiger partial charge in [-0.15, -0.1) is 11.8 Å². The van der Waals surface area contributed by atoms with Crippen molar-refractivity contribution in [3.8, 4) is 0 Å². The van der Waals surface area contributed by atoms with Gasteiger partial charge >= 0.3 is 6.03 Å². The highest BCUT2D eigenvalue weighted by atomic mass is 32.2. The van der Waals surface area contributed by atoms with Gasteiger partial charge in [-0.25, -0.2) is 4.79 Å². The first kappa shape index (κ1) is 19.5. The third-order valence-electron chi connectivity index (χ3n) is 5.63. The molecule has 1 aliphatic heterocycles. The highest BCUT2D eigenvalue weighted by Crippen LogP contribution is 2.45. The molecule has 1 saturated heterocycles. The van der Waals surface area contributed by atoms with Gasteiger partial charge in [0.2, 0.25) is 0 Å². The fourth-order valence-electron chi connectivity index (χ4n) is 3.56. The van der Waals surface area contributed by atoms with Crippen LogP contribution in [0.15, 0.2) is 29.2 Å². The average molecular weight is 377 g/mol. The Balaban J connectivity index is 1.44. The normalized spacial score (nSPS) is 20.0. The molecule has 2 amide bonds. The summed E-state index contributed by atoms with van der Waals surface area (Å²) in [5, 5.41) is 3.18. The summed E-state index contributed by atoms with van der Waals surface area (Å²) < 4.78 is 0. The van der Waals surface area contributed by atoms with Crippen molar-refractivity contribution in [2.75, 3.05) is 59.6 Å². The molecule has 0 radical (unpaired) electrons. The van der Waals surface area contributed by atoms with E-state index >= 15 is 0 Å². The van der Waals surface area contributed by atoms with Gasteiger partial charge in [0, 0.05) is 63.2 Å². The molecule has 1 heterocycles. The molecule has 1 aliphatic carbocycles. The molecule has 0 spiro atoms. The predicted molar refractivity (Wildman–Crippen MR) is 109 cm³/mol. The van der Waals surface area contributed by atoms with Crippen molar-refractivity contribution in [2.45, 2.75) is 24.3 Å². The van der Waals surface area contributed by atoms with Crippen LogP contribution in [0.25, 0.3) is 0 Å². The minimum Gasteiger partial charge on any atom is -0.337 e. The maximum atomic E-state index is 12.5. The van der Waals surface area contributed by atoms with Gasteiger partial charge in [-0.1, -0.05) is 12.1 Å². The van der Waals surface area contributed by atoms with Crippen LogP contribution in [-0.4, -0.2) is 80.4 Å². The van der Waals surface area contributed by atoms with E-state index in [0.29, 0.717) is 12.0 Å². The molecule has 1 aromatic rings. The lowest BCUT2D eigenvalue weighted by molar-refractivity contribution is 0.129. The number of hydrogen-bond acceptors (Lipinski definition) is 4. The number of hydrogen-bond donors (Lipinski definition) is 1. The number of carbonyl (C=O) groups is 1. The second kappa shape index (κ2) is 8.63. The van der Waals surface area contributed by atoms with E-state index in [1.807, 2.05) is 7.05 Å². The second-order valence-electron chi connectivity index (χ2n) is 7.95. The van der Waals surface area contributed by atoms with E-state index in [1.54, 1.807) is 16.7 Å². The average Bonchev–Trinajstić information content (AvgIpc) is 3.41. The Bertz CT molecular complexity index is 612. The summed E-state index contributed by atoms with van der Waals surface area (Å²) in [6.45, 7) is 7.18. The Labute approximate surface area is 162 Å². The van der Waals surface area contributed by atoms with Crippen LogP contribution in [0, 0.1) is 5.41 Å². The summed E-state index contributed by atoms with van der Waals surface area (Å²) in [5.74, 6) is 0. The molecule has 26 heavy (non-hydrogen) atoms. The fourth-order valence-corrected chi connectivity index (χ4v) is 4.05. The van der Waals surface area contributed by atoms with Gasteiger partial charge < -0.3 is 20.0 Å². The van der Waals surface area contributed by atoms with Gasteiger partial charge in [0.15, 0.2) is 0 Å². The zero-order valence-corrected chi connectivity index (χ0v) is 17.1. The Morgan fingerprint density at radius 2 is 2.00 bits per heavy atom. The summed E-state index contributed by atoms with van der Waals surface area (Å²) in [7, 11) is 4.07. The molecule has 1 saturated carbocycles. The second-order valence-corrected chi connectivity index (χ2v) is 8.83. The van der Waals surface area contributed by atoms with Crippen molar-refractivity contribution in [1.82, 2.24) is 20.0 Å². The monoisotopic (exact) mass is 376 g/mol. The molecule has 0 bridgehead atoms. The van der Waals surface area contributed by atoms with Crippen molar-refractivity contribution >= 4 is 17.8 Å². The topological polar surface area (TPSA) is 38.8 Å². The van der Waals surface area contributed by atoms with Crippen molar-refractivity contribution in [3.63, 3.8) is 0 Å². The summed E-state index contributed by atoms with van der Waals surface area (Å²) >= 11 is 1.73. The molecule has 0 unspecified atom stereocenters. The van der Waals surface area contributed by atoms with Crippen LogP contribution < -0.4 is 5.32 Å². The van der Waals surface area contributed by atoms with Crippen molar-refractivity contribution < 1.29 is 4.79 Å². The van der Waals surface area contributed by atoms with E-state index in [9.17, 15) is 4.79 Å². The molecular formula is C20H32N4OS. The van der Waals surface area contributed by atoms with Gasteiger partial charge in [0.25, 0.3) is 0 Å². The molecule has 0 atom stereocenters. The van der Waals surface area contributed by atoms with Crippen molar-refractivity contribution in [3.05, 3.63) is 29.8 Å². The highest BCUT2D eigenvalue weighted by molar-refractivity contribution is 7.98. The molecule has 2 fully saturated rings. The lowest BCUT2D eigenvalue weighted by Gasteiger charge is -2.35. The van der Waals surface area contributed by atoms with Gasteiger partial charge in [-0.2, -0.15) is 0 Å². The van der Waals surface area contributed by atoms with E-state index in [4.69, 9.17) is 0 Å². The summed E-state index contributed by atoms with van der Waals surface area (Å²) in [4.78, 5) is 20.5. The van der Waals surface area contributed by atoms with Gasteiger partial charge in [-0.3, -0.25) is 0 Å². The van der Waals surface area contributed by atoms with E-state index in [-0.39, 0.29) is 6.03 Å². The quantitative estimate of drug-likeness (QED) is 0.743. The van der Waals surface area contributed by atoms with E-state index in [0.717, 1.165) is 39.3 Å². The first-order valence-corrected chi connectivity index (χ1v) is 10.7. The minimum atomic E-state index is 0.0317. The number of piperazine rings is 1. The zero-order chi connectivity index (χ0) is 18.6. The number of amides is 2. The predicted octanol–water partition coefficient (Wildman–Crippen LogP) is 2.58. The largest absolute Gasteiger partial charge is 0.337 e. The van der Waals surface area contributed by atoms with Gasteiger partial charge in [0.05, 0.1) is 0 Å². The number of benzene rings is 1. The summed E-state index contributed by atoms with van der Waals surface area (Å²) in [6.07, 6.45) is 4.54. The third-order valence-corrected chi connectivity index (χ3v) is 6.35. The Hall–Kier alpha value is -1.24. The number of rotatable bonds is 7. The SMILES string of the molecule is CSc1cccc(CN(C)C(=O)NCC2(CN3CCN(C)CC3)CC2)c1. The molecule has 2 aliphatic rings. The Kier molecular flexibility index (Phi) is 6.48. The lowest BCUT2D eigenvalue weighted by atomic mass is 10.1. The number of likely N-dealkylation sites (N-methyl/N-ethyl adjacent to an activating group) is 1. The Morgan fingerprint density at radius 3 is 2.65 bits per heavy atom. The smallest absolute Gasteiger partial charge is 0.317 e. The standard InChI is InChI=1S/C20H32N4OS/c1-22-9-11-24(12-10-22)16-20(7-8-20)15-21-19(25)23(2)14-17-5-4-6-18(13-17)26-3/h4-6,13H,7-12,14-16H2,1-3H3,(H,21,25). The summed E-state index contributed by atoms with van der Waals surface area (Å²) in [5.41, 5.74) is 1.48. The molecule has 144 valence electrons. The number of urea groups is 1. The van der Waals surface area contributed by atoms with Crippen LogP contribution in [0.4, 0.5) is 4.79 Å². The van der Waals surface area contributed by atoms with E-state index in [1.165, 1.54) is 23.3 Å².